The molecule has 0 saturated heterocycles. The van der Waals surface area contributed by atoms with Gasteiger partial charge in [0, 0.05) is 0 Å². The molecule has 0 aliphatic carbocycles. The van der Waals surface area contributed by atoms with Gasteiger partial charge in [0.1, 0.15) is 23.1 Å². The number of hydrogen-bond donors (Lipinski definition) is 0. The van der Waals surface area contributed by atoms with Crippen LogP contribution in [0, 0.1) is 6.92 Å². The number of thiazole rings is 1. The number of rotatable bonds is 8. The molecule has 0 aliphatic rings. The van der Waals surface area contributed by atoms with E-state index in [0.29, 0.717) is 24.0 Å². The summed E-state index contributed by atoms with van der Waals surface area (Å²) in [5, 5.41) is 0.819. The van der Waals surface area contributed by atoms with Crippen molar-refractivity contribution in [3.05, 3.63) is 59.1 Å². The average molecular weight is 399 g/mol. The van der Waals surface area contributed by atoms with E-state index in [9.17, 15) is 4.79 Å². The first kappa shape index (κ1) is 19.7. The maximum atomic E-state index is 11.2. The highest BCUT2D eigenvalue weighted by Gasteiger charge is 2.14. The number of benzene rings is 2. The molecule has 2 aromatic carbocycles. The number of esters is 1. The summed E-state index contributed by atoms with van der Waals surface area (Å²) in [4.78, 5) is 16.7. The van der Waals surface area contributed by atoms with Crippen molar-refractivity contribution in [1.82, 2.24) is 4.98 Å². The minimum atomic E-state index is -0.424. The fourth-order valence-corrected chi connectivity index (χ4v) is 3.49. The van der Waals surface area contributed by atoms with Crippen LogP contribution in [0.1, 0.15) is 10.6 Å². The van der Waals surface area contributed by atoms with Gasteiger partial charge in [0.2, 0.25) is 5.88 Å². The summed E-state index contributed by atoms with van der Waals surface area (Å²) in [6.45, 7) is 2.09. The van der Waals surface area contributed by atoms with Crippen molar-refractivity contribution >= 4 is 17.3 Å². The molecule has 6 nitrogen and oxygen atoms in total. The Balaban J connectivity index is 1.66. The topological polar surface area (TPSA) is 66.9 Å². The van der Waals surface area contributed by atoms with E-state index in [1.807, 2.05) is 43.3 Å². The van der Waals surface area contributed by atoms with E-state index in [1.165, 1.54) is 7.11 Å². The van der Waals surface area contributed by atoms with Gasteiger partial charge in [-0.25, -0.2) is 9.78 Å². The van der Waals surface area contributed by atoms with Gasteiger partial charge in [0.15, 0.2) is 6.61 Å². The van der Waals surface area contributed by atoms with Crippen LogP contribution in [-0.4, -0.2) is 31.8 Å². The molecular formula is C21H21NO5S. The standard InChI is InChI=1S/C21H21NO5S/c1-14-11-16(9-10-17(14)27-13-19(23)24-2)26-12-18-22-21(25-3)20(28-18)15-7-5-4-6-8-15/h4-11H,12-13H2,1-3H3. The summed E-state index contributed by atoms with van der Waals surface area (Å²) in [6, 6.07) is 15.4. The lowest BCUT2D eigenvalue weighted by Crippen LogP contribution is -2.13. The first-order valence-electron chi connectivity index (χ1n) is 8.63. The predicted octanol–water partition coefficient (Wildman–Crippen LogP) is 4.26. The molecule has 3 rings (SSSR count). The summed E-state index contributed by atoms with van der Waals surface area (Å²) in [5.41, 5.74) is 1.93. The maximum Gasteiger partial charge on any atom is 0.343 e. The van der Waals surface area contributed by atoms with Crippen molar-refractivity contribution in [1.29, 1.82) is 0 Å². The van der Waals surface area contributed by atoms with Crippen molar-refractivity contribution in [2.24, 2.45) is 0 Å². The summed E-state index contributed by atoms with van der Waals surface area (Å²) in [6.07, 6.45) is 0. The molecule has 28 heavy (non-hydrogen) atoms. The zero-order valence-corrected chi connectivity index (χ0v) is 16.7. The van der Waals surface area contributed by atoms with Gasteiger partial charge >= 0.3 is 5.97 Å². The van der Waals surface area contributed by atoms with Gasteiger partial charge < -0.3 is 18.9 Å². The van der Waals surface area contributed by atoms with E-state index >= 15 is 0 Å². The van der Waals surface area contributed by atoms with Crippen LogP contribution in [0.25, 0.3) is 10.4 Å². The number of aryl methyl sites for hydroxylation is 1. The highest BCUT2D eigenvalue weighted by molar-refractivity contribution is 7.15. The van der Waals surface area contributed by atoms with Crippen LogP contribution in [0.2, 0.25) is 0 Å². The van der Waals surface area contributed by atoms with Gasteiger partial charge in [0.05, 0.1) is 19.1 Å². The van der Waals surface area contributed by atoms with Crippen molar-refractivity contribution in [2.45, 2.75) is 13.5 Å². The lowest BCUT2D eigenvalue weighted by atomic mass is 10.2. The summed E-state index contributed by atoms with van der Waals surface area (Å²) in [5.74, 6) is 1.47. The summed E-state index contributed by atoms with van der Waals surface area (Å²) in [7, 11) is 2.94. The number of methoxy groups -OCH3 is 2. The SMILES string of the molecule is COC(=O)COc1ccc(OCc2nc(OC)c(-c3ccccc3)s2)cc1C. The number of ether oxygens (including phenoxy) is 4. The van der Waals surface area contributed by atoms with Crippen LogP contribution in [0.15, 0.2) is 48.5 Å². The highest BCUT2D eigenvalue weighted by atomic mass is 32.1. The molecule has 0 spiro atoms. The molecule has 0 unspecified atom stereocenters. The van der Waals surface area contributed by atoms with Crippen LogP contribution in [0.5, 0.6) is 17.4 Å². The average Bonchev–Trinajstić information content (AvgIpc) is 3.15. The molecule has 1 heterocycles. The fourth-order valence-electron chi connectivity index (χ4n) is 2.53. The highest BCUT2D eigenvalue weighted by Crippen LogP contribution is 2.36. The molecule has 1 aromatic heterocycles. The minimum absolute atomic E-state index is 0.126. The molecule has 0 radical (unpaired) electrons. The lowest BCUT2D eigenvalue weighted by molar-refractivity contribution is -0.142. The van der Waals surface area contributed by atoms with Crippen LogP contribution < -0.4 is 14.2 Å². The van der Waals surface area contributed by atoms with E-state index in [0.717, 1.165) is 21.0 Å². The third-order valence-electron chi connectivity index (χ3n) is 3.95. The second-order valence-electron chi connectivity index (χ2n) is 5.89. The molecule has 0 fully saturated rings. The summed E-state index contributed by atoms with van der Waals surface area (Å²) >= 11 is 1.54. The van der Waals surface area contributed by atoms with Crippen LogP contribution in [-0.2, 0) is 16.1 Å². The molecule has 0 amide bonds. The second-order valence-corrected chi connectivity index (χ2v) is 6.98. The Kier molecular flexibility index (Phi) is 6.49. The normalized spacial score (nSPS) is 10.4. The molecule has 146 valence electrons. The Hall–Kier alpha value is -3.06. The van der Waals surface area contributed by atoms with Gasteiger partial charge in [-0.2, -0.15) is 0 Å². The molecule has 0 atom stereocenters. The minimum Gasteiger partial charge on any atom is -0.486 e. The summed E-state index contributed by atoms with van der Waals surface area (Å²) < 4.78 is 21.3. The number of hydrogen-bond acceptors (Lipinski definition) is 7. The molecule has 0 aliphatic heterocycles. The second kappa shape index (κ2) is 9.23. The van der Waals surface area contributed by atoms with Crippen LogP contribution in [0.4, 0.5) is 0 Å². The van der Waals surface area contributed by atoms with E-state index in [4.69, 9.17) is 14.2 Å². The molecule has 0 bridgehead atoms. The number of aromatic nitrogens is 1. The Morgan fingerprint density at radius 3 is 2.54 bits per heavy atom. The van der Waals surface area contributed by atoms with E-state index in [-0.39, 0.29) is 6.61 Å². The zero-order valence-electron chi connectivity index (χ0n) is 15.9. The Morgan fingerprint density at radius 1 is 1.07 bits per heavy atom. The molecule has 0 N–H and O–H groups in total. The van der Waals surface area contributed by atoms with Crippen molar-refractivity contribution < 1.29 is 23.7 Å². The maximum absolute atomic E-state index is 11.2. The van der Waals surface area contributed by atoms with Crippen LogP contribution in [0.3, 0.4) is 0 Å². The number of nitrogens with zero attached hydrogens (tertiary/aromatic N) is 1. The smallest absolute Gasteiger partial charge is 0.343 e. The van der Waals surface area contributed by atoms with Gasteiger partial charge in [0.25, 0.3) is 0 Å². The van der Waals surface area contributed by atoms with E-state index < -0.39 is 5.97 Å². The molecule has 0 saturated carbocycles. The van der Waals surface area contributed by atoms with E-state index in [2.05, 4.69) is 9.72 Å². The van der Waals surface area contributed by atoms with Gasteiger partial charge in [-0.15, -0.1) is 11.3 Å². The lowest BCUT2D eigenvalue weighted by Gasteiger charge is -2.10. The first-order valence-corrected chi connectivity index (χ1v) is 9.44. The molecule has 7 heteroatoms. The van der Waals surface area contributed by atoms with Crippen molar-refractivity contribution in [2.75, 3.05) is 20.8 Å². The predicted molar refractivity (Wildman–Crippen MR) is 107 cm³/mol. The third-order valence-corrected chi connectivity index (χ3v) is 5.01. The fraction of sp³-hybridized carbons (Fsp3) is 0.238. The Bertz CT molecular complexity index is 939. The monoisotopic (exact) mass is 399 g/mol. The van der Waals surface area contributed by atoms with Gasteiger partial charge in [-0.05, 0) is 36.2 Å². The van der Waals surface area contributed by atoms with Gasteiger partial charge in [-0.3, -0.25) is 0 Å². The van der Waals surface area contributed by atoms with E-state index in [1.54, 1.807) is 30.6 Å². The first-order chi connectivity index (χ1) is 13.6. The van der Waals surface area contributed by atoms with Crippen molar-refractivity contribution in [3.8, 4) is 27.8 Å². The van der Waals surface area contributed by atoms with Gasteiger partial charge in [-0.1, -0.05) is 30.3 Å². The number of carbonyl (C=O) groups excluding carboxylic acids is 1. The Labute approximate surface area is 167 Å². The molecule has 3 aromatic rings. The molecular weight excluding hydrogens is 378 g/mol. The quantitative estimate of drug-likeness (QED) is 0.528. The largest absolute Gasteiger partial charge is 0.486 e. The Morgan fingerprint density at radius 2 is 1.86 bits per heavy atom. The van der Waals surface area contributed by atoms with Crippen molar-refractivity contribution in [3.63, 3.8) is 0 Å². The third kappa shape index (κ3) is 4.80. The number of carbonyl (C=O) groups is 1. The van der Waals surface area contributed by atoms with Crippen LogP contribution >= 0.6 is 11.3 Å². The zero-order chi connectivity index (χ0) is 19.9.